The van der Waals surface area contributed by atoms with Crippen molar-refractivity contribution in [3.63, 3.8) is 0 Å². The van der Waals surface area contributed by atoms with Gasteiger partial charge in [0.25, 0.3) is 0 Å². The maximum Gasteiger partial charge on any atom is 0.337 e. The van der Waals surface area contributed by atoms with E-state index in [1.54, 1.807) is 6.08 Å². The molecule has 0 aromatic heterocycles. The second-order valence-electron chi connectivity index (χ2n) is 14.6. The normalized spacial score (nSPS) is 30.2. The average Bonchev–Trinajstić information content (AvgIpc) is 3.68. The summed E-state index contributed by atoms with van der Waals surface area (Å²) in [5.74, 6) is -5.45. The molecule has 0 saturated carbocycles. The Labute approximate surface area is 335 Å². The van der Waals surface area contributed by atoms with Crippen LogP contribution in [0.2, 0.25) is 0 Å². The first kappa shape index (κ1) is 42.0. The molecule has 310 valence electrons. The third-order valence-corrected chi connectivity index (χ3v) is 11.0. The highest BCUT2D eigenvalue weighted by molar-refractivity contribution is 6.07. The van der Waals surface area contributed by atoms with Crippen molar-refractivity contribution < 1.29 is 66.7 Å². The summed E-state index contributed by atoms with van der Waals surface area (Å²) in [4.78, 5) is 79.1. The highest BCUT2D eigenvalue weighted by atomic mass is 16.8. The van der Waals surface area contributed by atoms with Crippen LogP contribution in [0.1, 0.15) is 51.7 Å². The third kappa shape index (κ3) is 8.63. The number of para-hydroxylation sites is 1. The molecule has 4 aliphatic rings. The first-order chi connectivity index (χ1) is 27.8. The van der Waals surface area contributed by atoms with Crippen LogP contribution in [0.4, 0.5) is 5.69 Å². The molecule has 1 N–H and O–H groups in total. The predicted molar refractivity (Wildman–Crippen MR) is 202 cm³/mol. The molecule has 0 bridgehead atoms. The van der Waals surface area contributed by atoms with Crippen LogP contribution >= 0.6 is 0 Å². The number of methoxy groups -OCH3 is 1. The average molecular weight is 805 g/mol. The van der Waals surface area contributed by atoms with E-state index in [-0.39, 0.29) is 17.9 Å². The smallest absolute Gasteiger partial charge is 0.337 e. The summed E-state index contributed by atoms with van der Waals surface area (Å²) in [6.07, 6.45) is -5.04. The molecule has 4 heterocycles. The molecule has 2 saturated heterocycles. The monoisotopic (exact) mass is 804 g/mol. The maximum absolute atomic E-state index is 14.2. The summed E-state index contributed by atoms with van der Waals surface area (Å²) in [7, 11) is 1.25. The summed E-state index contributed by atoms with van der Waals surface area (Å²) in [5.41, 5.74) is 1.81. The first-order valence-electron chi connectivity index (χ1n) is 19.0. The minimum Gasteiger partial charge on any atom is -0.471 e. The fraction of sp³-hybridized carbons (Fsp3) is 0.476. The minimum atomic E-state index is -1.58. The molecule has 2 fully saturated rings. The molecule has 58 heavy (non-hydrogen) atoms. The number of nitrogens with zero attached hydrogens (tertiary/aromatic N) is 1. The third-order valence-electron chi connectivity index (χ3n) is 11.0. The number of hydrogen-bond acceptors (Lipinski definition) is 15. The van der Waals surface area contributed by atoms with Crippen LogP contribution in [0.5, 0.6) is 0 Å². The minimum absolute atomic E-state index is 0.148. The maximum atomic E-state index is 14.2. The number of hydrogen-bond donors (Lipinski definition) is 1. The lowest BCUT2D eigenvalue weighted by Crippen LogP contribution is -2.63. The summed E-state index contributed by atoms with van der Waals surface area (Å²) in [5, 5.41) is 3.09. The van der Waals surface area contributed by atoms with Gasteiger partial charge in [0.1, 0.15) is 12.7 Å². The van der Waals surface area contributed by atoms with Crippen molar-refractivity contribution in [2.45, 2.75) is 95.5 Å². The molecular formula is C42H48N2O14. The number of carbonyl (C=O) groups is 6. The number of anilines is 1. The van der Waals surface area contributed by atoms with E-state index in [9.17, 15) is 28.8 Å². The number of rotatable bonds is 13. The zero-order valence-corrected chi connectivity index (χ0v) is 33.0. The molecule has 16 heteroatoms. The molecule has 10 atom stereocenters. The number of carbonyl (C=O) groups excluding carboxylic acids is 6. The molecule has 2 aromatic carbocycles. The van der Waals surface area contributed by atoms with E-state index >= 15 is 0 Å². The van der Waals surface area contributed by atoms with E-state index in [4.69, 9.17) is 37.9 Å². The van der Waals surface area contributed by atoms with Gasteiger partial charge in [0.2, 0.25) is 18.5 Å². The van der Waals surface area contributed by atoms with E-state index in [0.29, 0.717) is 19.5 Å². The van der Waals surface area contributed by atoms with Gasteiger partial charge in [-0.25, -0.2) is 4.79 Å². The zero-order valence-electron chi connectivity index (χ0n) is 33.0. The Balaban J connectivity index is 1.39. The number of benzene rings is 2. The Morgan fingerprint density at radius 1 is 0.879 bits per heavy atom. The molecule has 0 aliphatic carbocycles. The van der Waals surface area contributed by atoms with Crippen LogP contribution in [0.25, 0.3) is 0 Å². The fourth-order valence-corrected chi connectivity index (χ4v) is 8.61. The topological polar surface area (TPSA) is 192 Å². The lowest BCUT2D eigenvalue weighted by atomic mass is 9.69. The lowest BCUT2D eigenvalue weighted by molar-refractivity contribution is -0.342. The van der Waals surface area contributed by atoms with Gasteiger partial charge in [-0.3, -0.25) is 28.9 Å². The van der Waals surface area contributed by atoms with Gasteiger partial charge in [0.05, 0.1) is 24.4 Å². The molecule has 1 amide bonds. The van der Waals surface area contributed by atoms with Crippen LogP contribution < -0.4 is 5.32 Å². The second kappa shape index (κ2) is 17.9. The van der Waals surface area contributed by atoms with Crippen molar-refractivity contribution in [2.75, 3.05) is 25.6 Å². The van der Waals surface area contributed by atoms with Crippen LogP contribution in [-0.2, 0) is 78.6 Å². The van der Waals surface area contributed by atoms with Crippen LogP contribution in [-0.4, -0.2) is 104 Å². The first-order valence-corrected chi connectivity index (χ1v) is 19.0. The van der Waals surface area contributed by atoms with Gasteiger partial charge >= 0.3 is 29.8 Å². The molecule has 1 spiro atoms. The number of likely N-dealkylation sites (tertiary alicyclic amines) is 1. The number of amides is 1. The van der Waals surface area contributed by atoms with E-state index < -0.39 is 96.7 Å². The van der Waals surface area contributed by atoms with Crippen LogP contribution in [0.15, 0.2) is 79.1 Å². The Morgan fingerprint density at radius 3 is 2.19 bits per heavy atom. The SMILES string of the molecule is C=C[C@H]1[C@H](O[C@@H]2O[C@H](COC(C)=O)[C@@H](OC(C)=O)[C@H](OC(C)=O)[C@H]2OC(C)=O)OC=C(C(=O)OC)[C@H]1C[C@@H]1N(Cc2ccccc2)CC[C@]12C(=O)Nc1ccccc12. The molecule has 0 radical (unpaired) electrons. The van der Waals surface area contributed by atoms with Gasteiger partial charge in [-0.1, -0.05) is 54.6 Å². The Kier molecular flexibility index (Phi) is 13.0. The van der Waals surface area contributed by atoms with Gasteiger partial charge in [-0.2, -0.15) is 0 Å². The van der Waals surface area contributed by atoms with Crippen LogP contribution in [0.3, 0.4) is 0 Å². The number of fused-ring (bicyclic) bond motifs is 2. The fourth-order valence-electron chi connectivity index (χ4n) is 8.61. The van der Waals surface area contributed by atoms with Crippen molar-refractivity contribution in [3.05, 3.63) is 90.2 Å². The predicted octanol–water partition coefficient (Wildman–Crippen LogP) is 3.47. The summed E-state index contributed by atoms with van der Waals surface area (Å²) >= 11 is 0. The Bertz CT molecular complexity index is 1930. The second-order valence-corrected chi connectivity index (χ2v) is 14.6. The molecule has 2 aromatic rings. The largest absolute Gasteiger partial charge is 0.471 e. The molecular weight excluding hydrogens is 756 g/mol. The van der Waals surface area contributed by atoms with Crippen molar-refractivity contribution in [2.24, 2.45) is 11.8 Å². The van der Waals surface area contributed by atoms with Gasteiger partial charge < -0.3 is 43.2 Å². The van der Waals surface area contributed by atoms with E-state index in [0.717, 1.165) is 37.6 Å². The van der Waals surface area contributed by atoms with E-state index in [1.807, 2.05) is 54.6 Å². The zero-order chi connectivity index (χ0) is 41.7. The molecule has 6 rings (SSSR count). The summed E-state index contributed by atoms with van der Waals surface area (Å²) < 4.78 is 45.9. The van der Waals surface area contributed by atoms with Gasteiger partial charge in [0, 0.05) is 64.3 Å². The van der Waals surface area contributed by atoms with Gasteiger partial charge in [-0.05, 0) is 30.0 Å². The van der Waals surface area contributed by atoms with Crippen molar-refractivity contribution in [1.29, 1.82) is 0 Å². The molecule has 4 aliphatic heterocycles. The standard InChI is InChI=1S/C42H48N2O14/c1-7-28-29(19-34-42(31-15-11-12-16-32(31)43-41(42)50)17-18-44(34)20-27-13-9-8-10-14-27)30(38(49)51-6)21-53-39(28)58-40-37(56-26(5)48)36(55-25(4)47)35(54-24(3)46)33(57-40)22-52-23(2)45/h7-16,21,28-29,33-37,39-40H,1,17-20,22H2,2-6H3,(H,43,50)/t28-,29+,33-,34+,35-,36+,37-,39+,40+,42-/m1/s1. The van der Waals surface area contributed by atoms with Crippen molar-refractivity contribution in [1.82, 2.24) is 4.90 Å². The highest BCUT2D eigenvalue weighted by Gasteiger charge is 2.60. The quantitative estimate of drug-likeness (QED) is 0.176. The Hall–Kier alpha value is -5.58. The number of ether oxygens (including phenoxy) is 8. The van der Waals surface area contributed by atoms with E-state index in [2.05, 4.69) is 16.8 Å². The summed E-state index contributed by atoms with van der Waals surface area (Å²) in [6.45, 7) is 9.24. The van der Waals surface area contributed by atoms with Crippen molar-refractivity contribution >= 4 is 41.4 Å². The van der Waals surface area contributed by atoms with Crippen LogP contribution in [0, 0.1) is 11.8 Å². The number of nitrogens with one attached hydrogen (secondary N) is 1. The van der Waals surface area contributed by atoms with E-state index in [1.165, 1.54) is 20.3 Å². The highest BCUT2D eigenvalue weighted by Crippen LogP contribution is 2.52. The van der Waals surface area contributed by atoms with Crippen molar-refractivity contribution in [3.8, 4) is 0 Å². The summed E-state index contributed by atoms with van der Waals surface area (Å²) in [6, 6.07) is 17.0. The number of esters is 5. The Morgan fingerprint density at radius 2 is 1.53 bits per heavy atom. The lowest BCUT2D eigenvalue weighted by Gasteiger charge is -2.46. The molecule has 16 nitrogen and oxygen atoms in total. The van der Waals surface area contributed by atoms with Gasteiger partial charge in [-0.15, -0.1) is 6.58 Å². The van der Waals surface area contributed by atoms with Gasteiger partial charge in [0.15, 0.2) is 18.3 Å². The molecule has 0 unspecified atom stereocenters.